The summed E-state index contributed by atoms with van der Waals surface area (Å²) in [6.45, 7) is 0. The van der Waals surface area contributed by atoms with Crippen LogP contribution in [0.4, 0.5) is 5.69 Å². The number of halogens is 1. The van der Waals surface area contributed by atoms with Crippen molar-refractivity contribution in [3.63, 3.8) is 0 Å². The zero-order valence-corrected chi connectivity index (χ0v) is 17.9. The molecule has 30 heavy (non-hydrogen) atoms. The van der Waals surface area contributed by atoms with Crippen molar-refractivity contribution in [2.75, 3.05) is 4.90 Å². The van der Waals surface area contributed by atoms with Gasteiger partial charge in [0.1, 0.15) is 6.29 Å². The highest BCUT2D eigenvalue weighted by molar-refractivity contribution is 14.1. The molecule has 0 saturated carbocycles. The average Bonchev–Trinajstić information content (AvgIpc) is 3.05. The smallest absolute Gasteiger partial charge is 0.239 e. The minimum absolute atomic E-state index is 0.216. The van der Waals surface area contributed by atoms with Gasteiger partial charge in [-0.2, -0.15) is 0 Å². The number of aldehydes is 1. The third-order valence-corrected chi connectivity index (χ3v) is 7.61. The van der Waals surface area contributed by atoms with Gasteiger partial charge in [-0.15, -0.1) is 0 Å². The van der Waals surface area contributed by atoms with Crippen LogP contribution in [0.25, 0.3) is 0 Å². The minimum Gasteiger partial charge on any atom is -0.302 e. The van der Waals surface area contributed by atoms with Crippen LogP contribution < -0.4 is 4.90 Å². The Labute approximate surface area is 187 Å². The topological polar surface area (TPSA) is 54.5 Å². The number of carbonyl (C=O) groups is 3. The van der Waals surface area contributed by atoms with Crippen LogP contribution in [0.3, 0.4) is 0 Å². The maximum Gasteiger partial charge on any atom is 0.239 e. The predicted octanol–water partition coefficient (Wildman–Crippen LogP) is 4.04. The molecule has 2 bridgehead atoms. The van der Waals surface area contributed by atoms with E-state index in [-0.39, 0.29) is 17.7 Å². The van der Waals surface area contributed by atoms with Crippen molar-refractivity contribution in [3.8, 4) is 0 Å². The largest absolute Gasteiger partial charge is 0.302 e. The molecule has 146 valence electrons. The molecule has 0 N–H and O–H groups in total. The molecule has 3 aromatic carbocycles. The van der Waals surface area contributed by atoms with Gasteiger partial charge in [0, 0.05) is 9.49 Å². The lowest BCUT2D eigenvalue weighted by molar-refractivity contribution is -0.128. The van der Waals surface area contributed by atoms with Crippen molar-refractivity contribution in [2.45, 2.75) is 11.3 Å². The van der Waals surface area contributed by atoms with E-state index < -0.39 is 17.3 Å². The number of amides is 2. The number of hydrogen-bond acceptors (Lipinski definition) is 3. The number of nitrogens with zero attached hydrogens (tertiary/aromatic N) is 1. The van der Waals surface area contributed by atoms with E-state index in [1.165, 1.54) is 4.90 Å². The van der Waals surface area contributed by atoms with Gasteiger partial charge in [0.25, 0.3) is 0 Å². The molecule has 1 saturated heterocycles. The van der Waals surface area contributed by atoms with E-state index in [0.717, 1.165) is 32.1 Å². The molecule has 3 aliphatic carbocycles. The molecule has 0 aromatic heterocycles. The summed E-state index contributed by atoms with van der Waals surface area (Å²) in [6.07, 6.45) is 0.904. The summed E-state index contributed by atoms with van der Waals surface area (Å²) in [7, 11) is 0. The summed E-state index contributed by atoms with van der Waals surface area (Å²) in [5, 5.41) is 0. The fourth-order valence-electron chi connectivity index (χ4n) is 5.90. The molecule has 0 unspecified atom stereocenters. The third kappa shape index (κ3) is 1.99. The van der Waals surface area contributed by atoms with Gasteiger partial charge >= 0.3 is 0 Å². The van der Waals surface area contributed by atoms with Crippen molar-refractivity contribution in [3.05, 3.63) is 98.6 Å². The molecule has 3 aromatic rings. The second-order valence-corrected chi connectivity index (χ2v) is 9.38. The second kappa shape index (κ2) is 6.11. The van der Waals surface area contributed by atoms with E-state index in [9.17, 15) is 14.4 Å². The highest BCUT2D eigenvalue weighted by Crippen LogP contribution is 2.63. The Morgan fingerprint density at radius 2 is 1.47 bits per heavy atom. The summed E-state index contributed by atoms with van der Waals surface area (Å²) in [5.41, 5.74) is 3.10. The molecule has 2 amide bonds. The molecule has 0 radical (unpaired) electrons. The first kappa shape index (κ1) is 18.0. The number of carbonyl (C=O) groups excluding carboxylic acids is 3. The van der Waals surface area contributed by atoms with Crippen LogP contribution >= 0.6 is 22.6 Å². The van der Waals surface area contributed by atoms with Gasteiger partial charge in [0.15, 0.2) is 0 Å². The Bertz CT molecular complexity index is 1220. The third-order valence-electron chi connectivity index (χ3n) is 6.94. The fraction of sp³-hybridized carbons (Fsp3) is 0.160. The molecule has 2 atom stereocenters. The zero-order valence-electron chi connectivity index (χ0n) is 15.8. The highest BCUT2D eigenvalue weighted by atomic mass is 127. The average molecular weight is 505 g/mol. The Hall–Kier alpha value is -2.80. The van der Waals surface area contributed by atoms with E-state index in [1.54, 1.807) is 6.07 Å². The van der Waals surface area contributed by atoms with Crippen molar-refractivity contribution < 1.29 is 14.4 Å². The summed E-state index contributed by atoms with van der Waals surface area (Å²) >= 11 is 2.17. The van der Waals surface area contributed by atoms with Gasteiger partial charge in [-0.3, -0.25) is 9.59 Å². The van der Waals surface area contributed by atoms with Crippen molar-refractivity contribution in [2.24, 2.45) is 11.8 Å². The maximum atomic E-state index is 13.8. The van der Waals surface area contributed by atoms with Gasteiger partial charge in [-0.05, 0) is 63.0 Å². The quantitative estimate of drug-likeness (QED) is 0.300. The van der Waals surface area contributed by atoms with Crippen LogP contribution in [-0.4, -0.2) is 18.1 Å². The van der Waals surface area contributed by atoms with Crippen LogP contribution in [-0.2, 0) is 19.8 Å². The molecule has 1 fully saturated rings. The van der Waals surface area contributed by atoms with Gasteiger partial charge < -0.3 is 4.79 Å². The Balaban J connectivity index is 1.66. The van der Waals surface area contributed by atoms with E-state index in [1.807, 2.05) is 66.7 Å². The lowest BCUT2D eigenvalue weighted by atomic mass is 9.48. The molecule has 1 aliphatic heterocycles. The van der Waals surface area contributed by atoms with E-state index in [0.29, 0.717) is 5.69 Å². The zero-order chi connectivity index (χ0) is 20.6. The molecule has 4 aliphatic rings. The summed E-state index contributed by atoms with van der Waals surface area (Å²) in [6, 6.07) is 22.9. The predicted molar refractivity (Wildman–Crippen MR) is 120 cm³/mol. The highest BCUT2D eigenvalue weighted by Gasteiger charge is 2.68. The number of anilines is 1. The molecule has 4 nitrogen and oxygen atoms in total. The van der Waals surface area contributed by atoms with Crippen LogP contribution in [0.5, 0.6) is 0 Å². The van der Waals surface area contributed by atoms with Crippen molar-refractivity contribution in [1.82, 2.24) is 0 Å². The summed E-state index contributed by atoms with van der Waals surface area (Å²) in [4.78, 5) is 41.7. The second-order valence-electron chi connectivity index (χ2n) is 8.13. The van der Waals surface area contributed by atoms with Crippen LogP contribution in [0, 0.1) is 15.4 Å². The Morgan fingerprint density at radius 1 is 0.833 bits per heavy atom. The van der Waals surface area contributed by atoms with Gasteiger partial charge in [-0.25, -0.2) is 4.90 Å². The minimum atomic E-state index is -1.14. The van der Waals surface area contributed by atoms with Gasteiger partial charge in [0.05, 0.1) is 22.9 Å². The molecular formula is C25H16INO3. The Kier molecular flexibility index (Phi) is 3.67. The normalized spacial score (nSPS) is 28.2. The first-order chi connectivity index (χ1) is 14.6. The van der Waals surface area contributed by atoms with Gasteiger partial charge in [-0.1, -0.05) is 54.6 Å². The van der Waals surface area contributed by atoms with Crippen LogP contribution in [0.2, 0.25) is 0 Å². The SMILES string of the molecule is O=CC12c3ccccc3C(c3ccccc31)[C@@H]1C(=O)N(c3cccc(I)c3)C(=O)[C@@H]12. The fourth-order valence-corrected chi connectivity index (χ4v) is 6.43. The maximum absolute atomic E-state index is 13.8. The first-order valence-electron chi connectivity index (χ1n) is 9.88. The number of benzene rings is 3. The molecule has 7 rings (SSSR count). The lowest BCUT2D eigenvalue weighted by Crippen LogP contribution is -2.54. The molecule has 1 heterocycles. The number of hydrogen-bond donors (Lipinski definition) is 0. The molecule has 0 spiro atoms. The molecule has 5 heteroatoms. The summed E-state index contributed by atoms with van der Waals surface area (Å²) in [5.74, 6) is -2.03. The Morgan fingerprint density at radius 3 is 2.07 bits per heavy atom. The number of imide groups is 1. The lowest BCUT2D eigenvalue weighted by Gasteiger charge is -2.51. The van der Waals surface area contributed by atoms with Gasteiger partial charge in [0.2, 0.25) is 11.8 Å². The van der Waals surface area contributed by atoms with Crippen molar-refractivity contribution >= 4 is 46.4 Å². The molecular weight excluding hydrogens is 489 g/mol. The number of rotatable bonds is 2. The van der Waals surface area contributed by atoms with Crippen LogP contribution in [0.1, 0.15) is 28.2 Å². The van der Waals surface area contributed by atoms with Crippen LogP contribution in [0.15, 0.2) is 72.8 Å². The van der Waals surface area contributed by atoms with E-state index in [4.69, 9.17) is 0 Å². The standard InChI is InChI=1S/C25H16INO3/c26-14-6-5-7-15(12-14)27-23(29)21-20-16-8-1-3-10-18(16)25(13-28,22(21)24(27)30)19-11-4-2-9-17(19)20/h1-13,20-22H/t20?,21-,22+,25?/m0/s1. The first-order valence-corrected chi connectivity index (χ1v) is 11.0. The summed E-state index contributed by atoms with van der Waals surface area (Å²) < 4.78 is 0.945. The van der Waals surface area contributed by atoms with E-state index >= 15 is 0 Å². The van der Waals surface area contributed by atoms with E-state index in [2.05, 4.69) is 22.6 Å². The van der Waals surface area contributed by atoms with Crippen molar-refractivity contribution in [1.29, 1.82) is 0 Å². The monoisotopic (exact) mass is 505 g/mol.